The van der Waals surface area contributed by atoms with E-state index in [0.717, 1.165) is 12.8 Å². The number of aromatic hydroxyl groups is 1. The van der Waals surface area contributed by atoms with Crippen LogP contribution in [0.4, 0.5) is 0 Å². The largest absolute Gasteiger partial charge is 0.508 e. The van der Waals surface area contributed by atoms with Gasteiger partial charge in [0.05, 0.1) is 12.5 Å². The molecule has 0 saturated carbocycles. The summed E-state index contributed by atoms with van der Waals surface area (Å²) in [6.45, 7) is 1.15. The number of carboxylic acid groups (broad SMARTS) is 1. The van der Waals surface area contributed by atoms with Gasteiger partial charge in [0.2, 0.25) is 0 Å². The van der Waals surface area contributed by atoms with Gasteiger partial charge in [-0.1, -0.05) is 18.2 Å². The number of phenolic OH excluding ortho intramolecular Hbond substituents is 1. The van der Waals surface area contributed by atoms with E-state index in [1.54, 1.807) is 18.2 Å². The van der Waals surface area contributed by atoms with Crippen molar-refractivity contribution in [2.75, 3.05) is 13.2 Å². The van der Waals surface area contributed by atoms with Gasteiger partial charge in [-0.2, -0.15) is 0 Å². The molecule has 1 aliphatic heterocycles. The Morgan fingerprint density at radius 1 is 1.41 bits per heavy atom. The van der Waals surface area contributed by atoms with E-state index in [-0.39, 0.29) is 11.7 Å². The molecule has 0 spiro atoms. The van der Waals surface area contributed by atoms with Gasteiger partial charge in [-0.15, -0.1) is 0 Å². The summed E-state index contributed by atoms with van der Waals surface area (Å²) in [5.74, 6) is -1.60. The molecule has 17 heavy (non-hydrogen) atoms. The highest BCUT2D eigenvalue weighted by molar-refractivity contribution is 5.77. The van der Waals surface area contributed by atoms with Crippen LogP contribution in [0.15, 0.2) is 24.3 Å². The first kappa shape index (κ1) is 11.9. The van der Waals surface area contributed by atoms with Crippen LogP contribution in [0.1, 0.15) is 24.3 Å². The molecule has 1 fully saturated rings. The molecule has 4 nitrogen and oxygen atoms in total. The molecular weight excluding hydrogens is 220 g/mol. The van der Waals surface area contributed by atoms with Gasteiger partial charge in [0, 0.05) is 12.2 Å². The van der Waals surface area contributed by atoms with Crippen LogP contribution in [0.25, 0.3) is 0 Å². The van der Waals surface area contributed by atoms with E-state index in [1.807, 2.05) is 0 Å². The molecule has 0 amide bonds. The van der Waals surface area contributed by atoms with Crippen molar-refractivity contribution in [3.63, 3.8) is 0 Å². The van der Waals surface area contributed by atoms with Gasteiger partial charge in [-0.05, 0) is 24.8 Å². The van der Waals surface area contributed by atoms with Crippen molar-refractivity contribution < 1.29 is 19.7 Å². The minimum absolute atomic E-state index is 0.0467. The van der Waals surface area contributed by atoms with E-state index in [4.69, 9.17) is 4.74 Å². The first-order chi connectivity index (χ1) is 8.20. The monoisotopic (exact) mass is 236 g/mol. The molecule has 1 aromatic rings. The number of para-hydroxylation sites is 1. The number of hydrogen-bond donors (Lipinski definition) is 2. The van der Waals surface area contributed by atoms with Crippen molar-refractivity contribution in [1.82, 2.24) is 0 Å². The lowest BCUT2D eigenvalue weighted by molar-refractivity contribution is -0.141. The molecule has 1 aliphatic rings. The standard InChI is InChI=1S/C13H16O4/c14-11-6-2-1-5-10(11)12(13(15)16)9-4-3-7-17-8-9/h1-2,5-6,9,12,14H,3-4,7-8H2,(H,15,16). The number of aliphatic carboxylic acids is 1. The number of hydrogen-bond acceptors (Lipinski definition) is 3. The van der Waals surface area contributed by atoms with Gasteiger partial charge in [-0.25, -0.2) is 0 Å². The molecule has 0 radical (unpaired) electrons. The molecule has 4 heteroatoms. The Morgan fingerprint density at radius 2 is 2.18 bits per heavy atom. The van der Waals surface area contributed by atoms with Crippen molar-refractivity contribution >= 4 is 5.97 Å². The average Bonchev–Trinajstić information content (AvgIpc) is 2.33. The third-order valence-corrected chi connectivity index (χ3v) is 3.20. The zero-order valence-electron chi connectivity index (χ0n) is 9.50. The number of carboxylic acids is 1. The molecular formula is C13H16O4. The maximum atomic E-state index is 11.4. The molecule has 2 atom stereocenters. The second-order valence-electron chi connectivity index (χ2n) is 4.35. The molecule has 92 valence electrons. The maximum Gasteiger partial charge on any atom is 0.311 e. The highest BCUT2D eigenvalue weighted by Gasteiger charge is 2.32. The number of rotatable bonds is 3. The van der Waals surface area contributed by atoms with E-state index >= 15 is 0 Å². The van der Waals surface area contributed by atoms with Crippen LogP contribution in [-0.4, -0.2) is 29.4 Å². The van der Waals surface area contributed by atoms with Crippen LogP contribution in [0.2, 0.25) is 0 Å². The van der Waals surface area contributed by atoms with Gasteiger partial charge in [0.25, 0.3) is 0 Å². The summed E-state index contributed by atoms with van der Waals surface area (Å²) in [6.07, 6.45) is 1.70. The quantitative estimate of drug-likeness (QED) is 0.842. The summed E-state index contributed by atoms with van der Waals surface area (Å²) in [5, 5.41) is 19.1. The lowest BCUT2D eigenvalue weighted by Crippen LogP contribution is -2.28. The fourth-order valence-electron chi connectivity index (χ4n) is 2.37. The van der Waals surface area contributed by atoms with Crippen molar-refractivity contribution in [2.24, 2.45) is 5.92 Å². The van der Waals surface area contributed by atoms with Crippen molar-refractivity contribution in [2.45, 2.75) is 18.8 Å². The lowest BCUT2D eigenvalue weighted by Gasteiger charge is -2.28. The Labute approximate surface area is 99.8 Å². The Hall–Kier alpha value is -1.55. The van der Waals surface area contributed by atoms with Crippen molar-refractivity contribution in [3.8, 4) is 5.75 Å². The van der Waals surface area contributed by atoms with E-state index in [2.05, 4.69) is 0 Å². The summed E-state index contributed by atoms with van der Waals surface area (Å²) in [5.41, 5.74) is 0.482. The Morgan fingerprint density at radius 3 is 2.76 bits per heavy atom. The molecule has 0 bridgehead atoms. The fraction of sp³-hybridized carbons (Fsp3) is 0.462. The summed E-state index contributed by atoms with van der Waals surface area (Å²) in [7, 11) is 0. The van der Waals surface area contributed by atoms with Crippen LogP contribution in [0, 0.1) is 5.92 Å². The first-order valence-corrected chi connectivity index (χ1v) is 5.78. The molecule has 1 heterocycles. The summed E-state index contributed by atoms with van der Waals surface area (Å²) in [6, 6.07) is 6.63. The molecule has 2 rings (SSSR count). The molecule has 2 unspecified atom stereocenters. The zero-order chi connectivity index (χ0) is 12.3. The molecule has 0 aliphatic carbocycles. The van der Waals surface area contributed by atoms with Crippen LogP contribution >= 0.6 is 0 Å². The molecule has 1 aromatic carbocycles. The summed E-state index contributed by atoms with van der Waals surface area (Å²) >= 11 is 0. The van der Waals surface area contributed by atoms with Crippen molar-refractivity contribution in [3.05, 3.63) is 29.8 Å². The minimum Gasteiger partial charge on any atom is -0.508 e. The molecule has 1 saturated heterocycles. The Balaban J connectivity index is 2.28. The second kappa shape index (κ2) is 5.19. The fourth-order valence-corrected chi connectivity index (χ4v) is 2.37. The van der Waals surface area contributed by atoms with Gasteiger partial charge in [0.1, 0.15) is 5.75 Å². The van der Waals surface area contributed by atoms with Gasteiger partial charge in [-0.3, -0.25) is 4.79 Å². The van der Waals surface area contributed by atoms with Crippen LogP contribution in [0.3, 0.4) is 0 Å². The van der Waals surface area contributed by atoms with Gasteiger partial charge < -0.3 is 14.9 Å². The third kappa shape index (κ3) is 2.58. The van der Waals surface area contributed by atoms with Gasteiger partial charge >= 0.3 is 5.97 Å². The van der Waals surface area contributed by atoms with E-state index in [0.29, 0.717) is 18.8 Å². The highest BCUT2D eigenvalue weighted by Crippen LogP contribution is 2.35. The predicted molar refractivity (Wildman–Crippen MR) is 62.0 cm³/mol. The Bertz CT molecular complexity index is 396. The van der Waals surface area contributed by atoms with Crippen molar-refractivity contribution in [1.29, 1.82) is 0 Å². The first-order valence-electron chi connectivity index (χ1n) is 5.78. The molecule has 2 N–H and O–H groups in total. The normalized spacial score (nSPS) is 22.0. The topological polar surface area (TPSA) is 66.8 Å². The number of ether oxygens (including phenoxy) is 1. The number of phenols is 1. The zero-order valence-corrected chi connectivity index (χ0v) is 9.50. The smallest absolute Gasteiger partial charge is 0.311 e. The van der Waals surface area contributed by atoms with Crippen LogP contribution < -0.4 is 0 Å². The second-order valence-corrected chi connectivity index (χ2v) is 4.35. The van der Waals surface area contributed by atoms with E-state index in [9.17, 15) is 15.0 Å². The summed E-state index contributed by atoms with van der Waals surface area (Å²) in [4.78, 5) is 11.4. The molecule has 0 aromatic heterocycles. The average molecular weight is 236 g/mol. The predicted octanol–water partition coefficient (Wildman–Crippen LogP) is 1.99. The van der Waals surface area contributed by atoms with Gasteiger partial charge in [0.15, 0.2) is 0 Å². The number of carbonyl (C=O) groups is 1. The van der Waals surface area contributed by atoms with Crippen LogP contribution in [0.5, 0.6) is 5.75 Å². The minimum atomic E-state index is -0.901. The van der Waals surface area contributed by atoms with Crippen LogP contribution in [-0.2, 0) is 9.53 Å². The number of benzene rings is 1. The maximum absolute atomic E-state index is 11.4. The van der Waals surface area contributed by atoms with E-state index < -0.39 is 11.9 Å². The van der Waals surface area contributed by atoms with E-state index in [1.165, 1.54) is 6.07 Å². The SMILES string of the molecule is O=C(O)C(c1ccccc1O)C1CCCOC1. The lowest BCUT2D eigenvalue weighted by atomic mass is 9.82. The summed E-state index contributed by atoms with van der Waals surface area (Å²) < 4.78 is 5.33. The Kier molecular flexibility index (Phi) is 3.64. The third-order valence-electron chi connectivity index (χ3n) is 3.20. The highest BCUT2D eigenvalue weighted by atomic mass is 16.5.